The number of likely N-dealkylation sites (N-methyl/N-ethyl adjacent to an activating group) is 1. The van der Waals surface area contributed by atoms with Gasteiger partial charge in [-0.05, 0) is 52.4 Å². The number of amides is 4. The highest BCUT2D eigenvalue weighted by molar-refractivity contribution is 7.13. The summed E-state index contributed by atoms with van der Waals surface area (Å²) in [5, 5.41) is 17.7. The third-order valence-corrected chi connectivity index (χ3v) is 8.08. The van der Waals surface area contributed by atoms with Crippen molar-refractivity contribution in [1.82, 2.24) is 15.1 Å². The molecule has 0 saturated heterocycles. The van der Waals surface area contributed by atoms with Gasteiger partial charge in [-0.1, -0.05) is 54.6 Å². The van der Waals surface area contributed by atoms with E-state index >= 15 is 0 Å². The van der Waals surface area contributed by atoms with E-state index in [0.717, 1.165) is 20.9 Å². The number of nitrogens with zero attached hydrogens (tertiary/aromatic N) is 2. The molecule has 1 heterocycles. The van der Waals surface area contributed by atoms with Crippen LogP contribution in [0.1, 0.15) is 28.4 Å². The van der Waals surface area contributed by atoms with Crippen LogP contribution in [0.4, 0.5) is 16.2 Å². The van der Waals surface area contributed by atoms with Gasteiger partial charge in [0.05, 0.1) is 11.4 Å². The Morgan fingerprint density at radius 2 is 1.66 bits per heavy atom. The Labute approximate surface area is 260 Å². The van der Waals surface area contributed by atoms with Gasteiger partial charge in [0.2, 0.25) is 11.8 Å². The molecule has 5 N–H and O–H groups in total. The van der Waals surface area contributed by atoms with E-state index in [1.54, 1.807) is 73.0 Å². The summed E-state index contributed by atoms with van der Waals surface area (Å²) in [6.07, 6.45) is -1.17. The lowest BCUT2D eigenvalue weighted by Gasteiger charge is -2.29. The number of anilines is 2. The van der Waals surface area contributed by atoms with Crippen LogP contribution in [0.5, 0.6) is 0 Å². The normalized spacial score (nSPS) is 11.3. The lowest BCUT2D eigenvalue weighted by atomic mass is 10.0. The minimum absolute atomic E-state index is 0.00799. The number of nitrogens with two attached hydrogens (primary N) is 1. The standard InChI is InChI=1S/C33H35N5O5S/c1-22(39)37(2)17-16-35-32(41)29(38(33(42)43)21-24-7-4-3-5-8-24)19-23-10-12-25(13-11-23)31(40)36-28-20-26(14-15-27(28)34)30-9-6-18-44-30/h3-15,18,20,29H,16-17,19,21,34H2,1-2H3,(H,35,41)(H,36,40)(H,42,43)/t29-/m0/s1. The van der Waals surface area contributed by atoms with Crippen LogP contribution in [-0.4, -0.2) is 64.9 Å². The zero-order valence-corrected chi connectivity index (χ0v) is 25.3. The van der Waals surface area contributed by atoms with E-state index in [2.05, 4.69) is 10.6 Å². The SMILES string of the molecule is CC(=O)N(C)CCNC(=O)[C@H](Cc1ccc(C(=O)Nc2cc(-c3cccs3)ccc2N)cc1)N(Cc1ccccc1)C(=O)O. The number of benzene rings is 3. The van der Waals surface area contributed by atoms with Crippen LogP contribution in [0.2, 0.25) is 0 Å². The van der Waals surface area contributed by atoms with E-state index in [4.69, 9.17) is 5.73 Å². The van der Waals surface area contributed by atoms with Crippen LogP contribution >= 0.6 is 11.3 Å². The third-order valence-electron chi connectivity index (χ3n) is 7.16. The largest absolute Gasteiger partial charge is 0.465 e. The summed E-state index contributed by atoms with van der Waals surface area (Å²) >= 11 is 1.59. The number of hydrogen-bond acceptors (Lipinski definition) is 6. The van der Waals surface area contributed by atoms with Crippen LogP contribution < -0.4 is 16.4 Å². The molecule has 10 nitrogen and oxygen atoms in total. The second-order valence-electron chi connectivity index (χ2n) is 10.3. The van der Waals surface area contributed by atoms with Crippen molar-refractivity contribution in [3.8, 4) is 10.4 Å². The molecule has 4 amide bonds. The smallest absolute Gasteiger partial charge is 0.408 e. The predicted octanol–water partition coefficient (Wildman–Crippen LogP) is 4.94. The number of nitrogen functional groups attached to an aromatic ring is 1. The van der Waals surface area contributed by atoms with Gasteiger partial charge in [0.25, 0.3) is 5.91 Å². The minimum Gasteiger partial charge on any atom is -0.465 e. The zero-order valence-electron chi connectivity index (χ0n) is 24.5. The fraction of sp³-hybridized carbons (Fsp3) is 0.212. The first kappa shape index (κ1) is 31.8. The molecule has 0 aliphatic heterocycles. The average Bonchev–Trinajstić information content (AvgIpc) is 3.56. The highest BCUT2D eigenvalue weighted by atomic mass is 32.1. The van der Waals surface area contributed by atoms with Gasteiger partial charge in [-0.2, -0.15) is 0 Å². The summed E-state index contributed by atoms with van der Waals surface area (Å²) in [6.45, 7) is 1.88. The van der Waals surface area contributed by atoms with Crippen molar-refractivity contribution in [2.75, 3.05) is 31.2 Å². The van der Waals surface area contributed by atoms with Crippen molar-refractivity contribution >= 4 is 46.5 Å². The second-order valence-corrected chi connectivity index (χ2v) is 11.2. The summed E-state index contributed by atoms with van der Waals surface area (Å²) in [5.41, 5.74) is 9.78. The molecule has 4 rings (SSSR count). The second kappa shape index (κ2) is 14.8. The number of thiophene rings is 1. The van der Waals surface area contributed by atoms with Crippen molar-refractivity contribution in [1.29, 1.82) is 0 Å². The minimum atomic E-state index is -1.24. The van der Waals surface area contributed by atoms with Crippen molar-refractivity contribution in [3.05, 3.63) is 107 Å². The lowest BCUT2D eigenvalue weighted by Crippen LogP contribution is -2.51. The molecule has 0 spiro atoms. The summed E-state index contributed by atoms with van der Waals surface area (Å²) in [5.74, 6) is -0.982. The Bertz CT molecular complexity index is 1590. The molecular weight excluding hydrogens is 578 g/mol. The predicted molar refractivity (Wildman–Crippen MR) is 172 cm³/mol. The van der Waals surface area contributed by atoms with Crippen LogP contribution in [-0.2, 0) is 22.6 Å². The van der Waals surface area contributed by atoms with Gasteiger partial charge < -0.3 is 26.4 Å². The monoisotopic (exact) mass is 613 g/mol. The first-order valence-electron chi connectivity index (χ1n) is 14.0. The Morgan fingerprint density at radius 3 is 2.30 bits per heavy atom. The number of carbonyl (C=O) groups is 4. The van der Waals surface area contributed by atoms with Gasteiger partial charge >= 0.3 is 6.09 Å². The topological polar surface area (TPSA) is 145 Å². The summed E-state index contributed by atoms with van der Waals surface area (Å²) in [4.78, 5) is 54.0. The molecule has 0 fully saturated rings. The van der Waals surface area contributed by atoms with Gasteiger partial charge in [0, 0.05) is 50.5 Å². The number of carbonyl (C=O) groups excluding carboxylic acids is 3. The van der Waals surface area contributed by atoms with Gasteiger partial charge in [0.15, 0.2) is 0 Å². The molecule has 228 valence electrons. The van der Waals surface area contributed by atoms with Gasteiger partial charge in [-0.25, -0.2) is 4.79 Å². The Balaban J connectivity index is 1.50. The van der Waals surface area contributed by atoms with Crippen molar-refractivity contribution in [2.45, 2.75) is 25.9 Å². The fourth-order valence-electron chi connectivity index (χ4n) is 4.53. The fourth-order valence-corrected chi connectivity index (χ4v) is 5.25. The number of nitrogens with one attached hydrogen (secondary N) is 2. The number of rotatable bonds is 12. The van der Waals surface area contributed by atoms with E-state index in [-0.39, 0.29) is 37.9 Å². The quantitative estimate of drug-likeness (QED) is 0.167. The lowest BCUT2D eigenvalue weighted by molar-refractivity contribution is -0.129. The third kappa shape index (κ3) is 8.45. The van der Waals surface area contributed by atoms with Crippen molar-refractivity contribution in [3.63, 3.8) is 0 Å². The molecule has 11 heteroatoms. The summed E-state index contributed by atoms with van der Waals surface area (Å²) in [6, 6.07) is 24.1. The van der Waals surface area contributed by atoms with Gasteiger partial charge in [-0.15, -0.1) is 11.3 Å². The average molecular weight is 614 g/mol. The molecule has 0 aliphatic rings. The molecule has 0 radical (unpaired) electrons. The van der Waals surface area contributed by atoms with Crippen LogP contribution in [0.15, 0.2) is 90.3 Å². The van der Waals surface area contributed by atoms with E-state index in [1.807, 2.05) is 35.7 Å². The van der Waals surface area contributed by atoms with E-state index < -0.39 is 18.0 Å². The Hall–Kier alpha value is -5.16. The van der Waals surface area contributed by atoms with E-state index in [1.165, 1.54) is 11.8 Å². The van der Waals surface area contributed by atoms with E-state index in [0.29, 0.717) is 22.5 Å². The molecular formula is C33H35N5O5S. The first-order valence-corrected chi connectivity index (χ1v) is 14.9. The molecule has 44 heavy (non-hydrogen) atoms. The summed E-state index contributed by atoms with van der Waals surface area (Å²) < 4.78 is 0. The molecule has 0 saturated carbocycles. The molecule has 0 unspecified atom stereocenters. The molecule has 0 aliphatic carbocycles. The summed E-state index contributed by atoms with van der Waals surface area (Å²) in [7, 11) is 1.62. The zero-order chi connectivity index (χ0) is 31.6. The number of hydrogen-bond donors (Lipinski definition) is 4. The van der Waals surface area contributed by atoms with Crippen LogP contribution in [0.25, 0.3) is 10.4 Å². The van der Waals surface area contributed by atoms with Gasteiger partial charge in [0.1, 0.15) is 6.04 Å². The van der Waals surface area contributed by atoms with Crippen molar-refractivity contribution in [2.24, 2.45) is 0 Å². The molecule has 1 aromatic heterocycles. The van der Waals surface area contributed by atoms with E-state index in [9.17, 15) is 24.3 Å². The highest BCUT2D eigenvalue weighted by Gasteiger charge is 2.30. The van der Waals surface area contributed by atoms with Crippen LogP contribution in [0, 0.1) is 0 Å². The number of carboxylic acid groups (broad SMARTS) is 1. The molecule has 1 atom stereocenters. The molecule has 3 aromatic carbocycles. The molecule has 0 bridgehead atoms. The Kier molecular flexibility index (Phi) is 10.7. The maximum absolute atomic E-state index is 13.4. The maximum atomic E-state index is 13.4. The van der Waals surface area contributed by atoms with Crippen molar-refractivity contribution < 1.29 is 24.3 Å². The maximum Gasteiger partial charge on any atom is 0.408 e. The highest BCUT2D eigenvalue weighted by Crippen LogP contribution is 2.30. The first-order chi connectivity index (χ1) is 21.1. The Morgan fingerprint density at radius 1 is 0.932 bits per heavy atom. The van der Waals surface area contributed by atoms with Crippen LogP contribution in [0.3, 0.4) is 0 Å². The molecule has 4 aromatic rings. The van der Waals surface area contributed by atoms with Gasteiger partial charge in [-0.3, -0.25) is 19.3 Å².